The summed E-state index contributed by atoms with van der Waals surface area (Å²) in [6.45, 7) is 2.18. The number of benzene rings is 2. The van der Waals surface area contributed by atoms with E-state index in [-0.39, 0.29) is 5.91 Å². The number of fused-ring (bicyclic) bond motifs is 1. The maximum atomic E-state index is 12.9. The summed E-state index contributed by atoms with van der Waals surface area (Å²) in [5.41, 5.74) is 0. The van der Waals surface area contributed by atoms with Crippen LogP contribution in [0, 0.1) is 0 Å². The van der Waals surface area contributed by atoms with Gasteiger partial charge in [0.15, 0.2) is 0 Å². The summed E-state index contributed by atoms with van der Waals surface area (Å²) in [6.07, 6.45) is 0.438. The molecule has 134 valence electrons. The van der Waals surface area contributed by atoms with Crippen molar-refractivity contribution < 1.29 is 13.2 Å². The van der Waals surface area contributed by atoms with Crippen LogP contribution in [0.2, 0.25) is 0 Å². The summed E-state index contributed by atoms with van der Waals surface area (Å²) in [4.78, 5) is 14.1. The van der Waals surface area contributed by atoms with Crippen molar-refractivity contribution in [1.29, 1.82) is 0 Å². The van der Waals surface area contributed by atoms with Gasteiger partial charge in [-0.3, -0.25) is 4.79 Å². The van der Waals surface area contributed by atoms with E-state index in [1.165, 1.54) is 4.31 Å². The number of rotatable bonds is 5. The van der Waals surface area contributed by atoms with Crippen LogP contribution in [0.25, 0.3) is 10.8 Å². The number of nitrogens with one attached hydrogen (secondary N) is 1. The molecule has 3 rings (SSSR count). The Labute approximate surface area is 148 Å². The van der Waals surface area contributed by atoms with Gasteiger partial charge in [-0.1, -0.05) is 30.3 Å². The third-order valence-electron chi connectivity index (χ3n) is 4.54. The molecule has 0 saturated carbocycles. The summed E-state index contributed by atoms with van der Waals surface area (Å²) >= 11 is 0. The summed E-state index contributed by atoms with van der Waals surface area (Å²) in [5, 5.41) is 4.88. The standard InChI is InChI=1S/C18H23N3O3S/c1-19-9-8-18(22)20-10-12-21(13-11-20)25(23,24)17-7-6-15-4-2-3-5-16(15)14-17/h2-7,14,19H,8-13H2,1H3. The summed E-state index contributed by atoms with van der Waals surface area (Å²) in [5.74, 6) is 0.0668. The molecule has 6 nitrogen and oxygen atoms in total. The predicted molar refractivity (Wildman–Crippen MR) is 97.8 cm³/mol. The molecule has 7 heteroatoms. The Kier molecular flexibility index (Phi) is 5.36. The molecule has 1 saturated heterocycles. The van der Waals surface area contributed by atoms with Gasteiger partial charge in [-0.25, -0.2) is 8.42 Å². The Morgan fingerprint density at radius 3 is 2.40 bits per heavy atom. The van der Waals surface area contributed by atoms with Crippen LogP contribution in [0.5, 0.6) is 0 Å². The fraction of sp³-hybridized carbons (Fsp3) is 0.389. The second-order valence-electron chi connectivity index (χ2n) is 6.15. The molecule has 1 amide bonds. The first kappa shape index (κ1) is 17.8. The molecular weight excluding hydrogens is 338 g/mol. The molecule has 0 aromatic heterocycles. The van der Waals surface area contributed by atoms with Crippen LogP contribution in [-0.4, -0.2) is 63.3 Å². The first-order chi connectivity index (χ1) is 12.0. The average molecular weight is 361 g/mol. The molecule has 1 N–H and O–H groups in total. The molecule has 0 aliphatic carbocycles. The van der Waals surface area contributed by atoms with Crippen molar-refractivity contribution in [3.63, 3.8) is 0 Å². The molecule has 0 radical (unpaired) electrons. The van der Waals surface area contributed by atoms with Gasteiger partial charge in [0.05, 0.1) is 4.90 Å². The molecule has 25 heavy (non-hydrogen) atoms. The molecule has 2 aromatic rings. The first-order valence-electron chi connectivity index (χ1n) is 8.44. The second kappa shape index (κ2) is 7.51. The second-order valence-corrected chi connectivity index (χ2v) is 8.09. The molecular formula is C18H23N3O3S. The van der Waals surface area contributed by atoms with Crippen LogP contribution >= 0.6 is 0 Å². The number of piperazine rings is 1. The van der Waals surface area contributed by atoms with Gasteiger partial charge >= 0.3 is 0 Å². The Hall–Kier alpha value is -1.96. The van der Waals surface area contributed by atoms with Crippen molar-refractivity contribution in [2.24, 2.45) is 0 Å². The van der Waals surface area contributed by atoms with Gasteiger partial charge < -0.3 is 10.2 Å². The van der Waals surface area contributed by atoms with E-state index in [0.29, 0.717) is 44.0 Å². The van der Waals surface area contributed by atoms with Crippen LogP contribution in [0.3, 0.4) is 0 Å². The van der Waals surface area contributed by atoms with Crippen LogP contribution in [0.15, 0.2) is 47.4 Å². The number of sulfonamides is 1. The number of carbonyl (C=O) groups excluding carboxylic acids is 1. The Bertz CT molecular complexity index is 859. The molecule has 1 heterocycles. The molecule has 0 bridgehead atoms. The number of amides is 1. The number of nitrogens with zero attached hydrogens (tertiary/aromatic N) is 2. The van der Waals surface area contributed by atoms with Crippen LogP contribution < -0.4 is 5.32 Å². The van der Waals surface area contributed by atoms with Crippen molar-refractivity contribution in [1.82, 2.24) is 14.5 Å². The lowest BCUT2D eigenvalue weighted by Crippen LogP contribution is -2.50. The summed E-state index contributed by atoms with van der Waals surface area (Å²) < 4.78 is 27.3. The summed E-state index contributed by atoms with van der Waals surface area (Å²) in [7, 11) is -1.73. The topological polar surface area (TPSA) is 69.7 Å². The third kappa shape index (κ3) is 3.84. The highest BCUT2D eigenvalue weighted by Gasteiger charge is 2.29. The quantitative estimate of drug-likeness (QED) is 0.871. The Morgan fingerprint density at radius 2 is 1.72 bits per heavy atom. The lowest BCUT2D eigenvalue weighted by atomic mass is 10.1. The highest BCUT2D eigenvalue weighted by molar-refractivity contribution is 7.89. The van der Waals surface area contributed by atoms with Gasteiger partial charge in [-0.05, 0) is 30.0 Å². The van der Waals surface area contributed by atoms with E-state index in [0.717, 1.165) is 10.8 Å². The molecule has 0 atom stereocenters. The molecule has 2 aromatic carbocycles. The molecule has 0 unspecified atom stereocenters. The van der Waals surface area contributed by atoms with E-state index in [2.05, 4.69) is 5.32 Å². The molecule has 1 fully saturated rings. The minimum atomic E-state index is -3.54. The van der Waals surface area contributed by atoms with Gasteiger partial charge in [-0.2, -0.15) is 4.31 Å². The molecule has 0 spiro atoms. The highest BCUT2D eigenvalue weighted by Crippen LogP contribution is 2.22. The third-order valence-corrected chi connectivity index (χ3v) is 6.43. The van der Waals surface area contributed by atoms with Crippen molar-refractivity contribution in [2.45, 2.75) is 11.3 Å². The zero-order chi connectivity index (χ0) is 17.9. The average Bonchev–Trinajstić information content (AvgIpc) is 2.65. The van der Waals surface area contributed by atoms with Gasteiger partial charge in [-0.15, -0.1) is 0 Å². The maximum absolute atomic E-state index is 12.9. The highest BCUT2D eigenvalue weighted by atomic mass is 32.2. The van der Waals surface area contributed by atoms with Crippen LogP contribution in [0.4, 0.5) is 0 Å². The maximum Gasteiger partial charge on any atom is 0.243 e. The first-order valence-corrected chi connectivity index (χ1v) is 9.88. The van der Waals surface area contributed by atoms with E-state index >= 15 is 0 Å². The lowest BCUT2D eigenvalue weighted by molar-refractivity contribution is -0.132. The van der Waals surface area contributed by atoms with Crippen molar-refractivity contribution in [2.75, 3.05) is 39.8 Å². The number of carbonyl (C=O) groups is 1. The van der Waals surface area contributed by atoms with E-state index in [1.807, 2.05) is 30.3 Å². The van der Waals surface area contributed by atoms with Crippen molar-refractivity contribution in [3.8, 4) is 0 Å². The van der Waals surface area contributed by atoms with Gasteiger partial charge in [0, 0.05) is 39.1 Å². The normalized spacial score (nSPS) is 16.3. The van der Waals surface area contributed by atoms with Crippen molar-refractivity contribution in [3.05, 3.63) is 42.5 Å². The molecule has 1 aliphatic rings. The Morgan fingerprint density at radius 1 is 1.04 bits per heavy atom. The van der Waals surface area contributed by atoms with E-state index in [4.69, 9.17) is 0 Å². The van der Waals surface area contributed by atoms with Crippen molar-refractivity contribution >= 4 is 26.7 Å². The van der Waals surface area contributed by atoms with Gasteiger partial charge in [0.1, 0.15) is 0 Å². The van der Waals surface area contributed by atoms with Gasteiger partial charge in [0.25, 0.3) is 0 Å². The lowest BCUT2D eigenvalue weighted by Gasteiger charge is -2.34. The number of hydrogen-bond acceptors (Lipinski definition) is 4. The number of hydrogen-bond donors (Lipinski definition) is 1. The predicted octanol–water partition coefficient (Wildman–Crippen LogP) is 1.28. The minimum absolute atomic E-state index is 0.0668. The largest absolute Gasteiger partial charge is 0.340 e. The Balaban J connectivity index is 1.72. The van der Waals surface area contributed by atoms with Gasteiger partial charge in [0.2, 0.25) is 15.9 Å². The minimum Gasteiger partial charge on any atom is -0.340 e. The zero-order valence-electron chi connectivity index (χ0n) is 14.3. The monoisotopic (exact) mass is 361 g/mol. The van der Waals surface area contributed by atoms with E-state index < -0.39 is 10.0 Å². The van der Waals surface area contributed by atoms with Crippen LogP contribution in [0.1, 0.15) is 6.42 Å². The SMILES string of the molecule is CNCCC(=O)N1CCN(S(=O)(=O)c2ccc3ccccc3c2)CC1. The zero-order valence-corrected chi connectivity index (χ0v) is 15.1. The summed E-state index contributed by atoms with van der Waals surface area (Å²) in [6, 6.07) is 12.9. The van der Waals surface area contributed by atoms with E-state index in [1.54, 1.807) is 24.1 Å². The molecule has 1 aliphatic heterocycles. The smallest absolute Gasteiger partial charge is 0.243 e. The fourth-order valence-corrected chi connectivity index (χ4v) is 4.50. The fourth-order valence-electron chi connectivity index (χ4n) is 3.04. The van der Waals surface area contributed by atoms with E-state index in [9.17, 15) is 13.2 Å². The van der Waals surface area contributed by atoms with Crippen LogP contribution in [-0.2, 0) is 14.8 Å².